The second kappa shape index (κ2) is 7.09. The lowest BCUT2D eigenvalue weighted by Crippen LogP contribution is -2.45. The van der Waals surface area contributed by atoms with Crippen LogP contribution in [0.5, 0.6) is 0 Å². The molecule has 2 N–H and O–H groups in total. The summed E-state index contributed by atoms with van der Waals surface area (Å²) >= 11 is 0. The van der Waals surface area contributed by atoms with Crippen molar-refractivity contribution in [1.29, 1.82) is 0 Å². The molecule has 0 saturated carbocycles. The highest BCUT2D eigenvalue weighted by atomic mass is 35.5. The molecule has 0 aromatic heterocycles. The lowest BCUT2D eigenvalue weighted by molar-refractivity contribution is -0.132. The minimum absolute atomic E-state index is 0. The quantitative estimate of drug-likeness (QED) is 0.806. The Hall–Kier alpha value is -0.320. The van der Waals surface area contributed by atoms with Crippen molar-refractivity contribution in [2.24, 2.45) is 17.6 Å². The molecule has 1 aliphatic rings. The van der Waals surface area contributed by atoms with Crippen LogP contribution in [-0.4, -0.2) is 43.7 Å². The lowest BCUT2D eigenvalue weighted by atomic mass is 9.95. The van der Waals surface area contributed by atoms with Crippen LogP contribution in [0, 0.1) is 11.8 Å². The standard InChI is InChI=1S/C11H22N2O2.ClH/c1-8(2)9-4-5-13(6-9)11(14)10(12)7-15-3;/h8-10H,4-7,12H2,1-3H3;1H. The molecule has 0 bridgehead atoms. The number of carbonyl (C=O) groups excluding carboxylic acids is 1. The van der Waals surface area contributed by atoms with Crippen molar-refractivity contribution in [3.05, 3.63) is 0 Å². The third-order valence-electron chi connectivity index (χ3n) is 3.14. The molecule has 0 radical (unpaired) electrons. The number of amides is 1. The molecule has 1 heterocycles. The van der Waals surface area contributed by atoms with Crippen LogP contribution in [-0.2, 0) is 9.53 Å². The van der Waals surface area contributed by atoms with Crippen molar-refractivity contribution >= 4 is 18.3 Å². The van der Waals surface area contributed by atoms with Crippen LogP contribution in [0.15, 0.2) is 0 Å². The summed E-state index contributed by atoms with van der Waals surface area (Å²) in [5.41, 5.74) is 5.71. The van der Waals surface area contributed by atoms with E-state index in [2.05, 4.69) is 13.8 Å². The molecular weight excluding hydrogens is 228 g/mol. The van der Waals surface area contributed by atoms with Gasteiger partial charge >= 0.3 is 0 Å². The Morgan fingerprint density at radius 2 is 2.19 bits per heavy atom. The second-order valence-electron chi connectivity index (χ2n) is 4.64. The fourth-order valence-electron chi connectivity index (χ4n) is 2.02. The van der Waals surface area contributed by atoms with Crippen molar-refractivity contribution in [3.8, 4) is 0 Å². The first-order valence-electron chi connectivity index (χ1n) is 5.59. The van der Waals surface area contributed by atoms with Crippen molar-refractivity contribution in [2.75, 3.05) is 26.8 Å². The van der Waals surface area contributed by atoms with Gasteiger partial charge in [0, 0.05) is 20.2 Å². The highest BCUT2D eigenvalue weighted by Crippen LogP contribution is 2.23. The molecule has 96 valence electrons. The lowest BCUT2D eigenvalue weighted by Gasteiger charge is -2.21. The Morgan fingerprint density at radius 1 is 1.56 bits per heavy atom. The summed E-state index contributed by atoms with van der Waals surface area (Å²) in [6.07, 6.45) is 1.10. The average molecular weight is 251 g/mol. The van der Waals surface area contributed by atoms with Gasteiger partial charge < -0.3 is 15.4 Å². The summed E-state index contributed by atoms with van der Waals surface area (Å²) < 4.78 is 4.89. The van der Waals surface area contributed by atoms with Gasteiger partial charge in [0.15, 0.2) is 0 Å². The highest BCUT2D eigenvalue weighted by Gasteiger charge is 2.30. The number of likely N-dealkylation sites (tertiary alicyclic amines) is 1. The molecule has 0 aromatic carbocycles. The van der Waals surface area contributed by atoms with Crippen LogP contribution in [0.2, 0.25) is 0 Å². The maximum Gasteiger partial charge on any atom is 0.241 e. The first-order chi connectivity index (χ1) is 7.06. The fraction of sp³-hybridized carbons (Fsp3) is 0.909. The number of rotatable bonds is 4. The van der Waals surface area contributed by atoms with E-state index >= 15 is 0 Å². The van der Waals surface area contributed by atoms with Crippen LogP contribution in [0.1, 0.15) is 20.3 Å². The summed E-state index contributed by atoms with van der Waals surface area (Å²) in [6.45, 7) is 6.41. The third kappa shape index (κ3) is 3.92. The van der Waals surface area contributed by atoms with E-state index in [4.69, 9.17) is 10.5 Å². The van der Waals surface area contributed by atoms with E-state index in [0.717, 1.165) is 19.5 Å². The summed E-state index contributed by atoms with van der Waals surface area (Å²) in [7, 11) is 1.56. The molecule has 1 amide bonds. The Labute approximate surface area is 104 Å². The van der Waals surface area contributed by atoms with E-state index in [9.17, 15) is 4.79 Å². The van der Waals surface area contributed by atoms with E-state index in [1.54, 1.807) is 7.11 Å². The molecule has 0 spiro atoms. The average Bonchev–Trinajstić information content (AvgIpc) is 2.65. The van der Waals surface area contributed by atoms with Crippen LogP contribution < -0.4 is 5.73 Å². The van der Waals surface area contributed by atoms with Crippen LogP contribution in [0.4, 0.5) is 0 Å². The number of halogens is 1. The van der Waals surface area contributed by atoms with Crippen molar-refractivity contribution in [2.45, 2.75) is 26.3 Å². The van der Waals surface area contributed by atoms with E-state index in [0.29, 0.717) is 18.4 Å². The number of nitrogens with two attached hydrogens (primary N) is 1. The first kappa shape index (κ1) is 15.7. The normalized spacial score (nSPS) is 22.1. The number of nitrogens with zero attached hydrogens (tertiary/aromatic N) is 1. The number of hydrogen-bond donors (Lipinski definition) is 1. The predicted octanol–water partition coefficient (Wildman–Crippen LogP) is 0.886. The molecule has 1 rings (SSSR count). The highest BCUT2D eigenvalue weighted by molar-refractivity contribution is 5.85. The van der Waals surface area contributed by atoms with Gasteiger partial charge in [-0.3, -0.25) is 4.79 Å². The Morgan fingerprint density at radius 3 is 2.62 bits per heavy atom. The second-order valence-corrected chi connectivity index (χ2v) is 4.64. The van der Waals surface area contributed by atoms with Gasteiger partial charge in [-0.05, 0) is 18.3 Å². The summed E-state index contributed by atoms with van der Waals surface area (Å²) in [5.74, 6) is 1.30. The predicted molar refractivity (Wildman–Crippen MR) is 66.6 cm³/mol. The molecule has 5 heteroatoms. The van der Waals surface area contributed by atoms with E-state index < -0.39 is 6.04 Å². The number of ether oxygens (including phenoxy) is 1. The summed E-state index contributed by atoms with van der Waals surface area (Å²) in [5, 5.41) is 0. The molecule has 1 saturated heterocycles. The molecule has 0 aromatic rings. The minimum Gasteiger partial charge on any atom is -0.383 e. The van der Waals surface area contributed by atoms with Crippen LogP contribution in [0.25, 0.3) is 0 Å². The van der Waals surface area contributed by atoms with Crippen molar-refractivity contribution in [1.82, 2.24) is 4.90 Å². The summed E-state index contributed by atoms with van der Waals surface area (Å²) in [6, 6.07) is -0.499. The molecule has 1 fully saturated rings. The molecule has 1 aliphatic heterocycles. The van der Waals surface area contributed by atoms with E-state index in [1.807, 2.05) is 4.90 Å². The van der Waals surface area contributed by atoms with E-state index in [1.165, 1.54) is 0 Å². The Balaban J connectivity index is 0.00000225. The number of methoxy groups -OCH3 is 1. The largest absolute Gasteiger partial charge is 0.383 e. The van der Waals surface area contributed by atoms with Gasteiger partial charge in [0.25, 0.3) is 0 Å². The van der Waals surface area contributed by atoms with Gasteiger partial charge in [-0.25, -0.2) is 0 Å². The first-order valence-corrected chi connectivity index (χ1v) is 5.59. The summed E-state index contributed by atoms with van der Waals surface area (Å²) in [4.78, 5) is 13.7. The smallest absolute Gasteiger partial charge is 0.241 e. The van der Waals surface area contributed by atoms with Crippen LogP contribution >= 0.6 is 12.4 Å². The molecule has 2 unspecified atom stereocenters. The van der Waals surface area contributed by atoms with Gasteiger partial charge in [-0.2, -0.15) is 0 Å². The zero-order chi connectivity index (χ0) is 11.4. The fourth-order valence-corrected chi connectivity index (χ4v) is 2.02. The maximum absolute atomic E-state index is 11.8. The molecule has 2 atom stereocenters. The monoisotopic (exact) mass is 250 g/mol. The maximum atomic E-state index is 11.8. The SMILES string of the molecule is COCC(N)C(=O)N1CCC(C(C)C)C1.Cl. The minimum atomic E-state index is -0.499. The Bertz CT molecular complexity index is 224. The zero-order valence-corrected chi connectivity index (χ0v) is 11.1. The van der Waals surface area contributed by atoms with Gasteiger partial charge in [0.05, 0.1) is 6.61 Å². The van der Waals surface area contributed by atoms with Crippen LogP contribution in [0.3, 0.4) is 0 Å². The molecule has 4 nitrogen and oxygen atoms in total. The topological polar surface area (TPSA) is 55.6 Å². The van der Waals surface area contributed by atoms with Gasteiger partial charge in [0.1, 0.15) is 6.04 Å². The number of carbonyl (C=O) groups is 1. The van der Waals surface area contributed by atoms with Crippen molar-refractivity contribution in [3.63, 3.8) is 0 Å². The number of hydrogen-bond acceptors (Lipinski definition) is 3. The van der Waals surface area contributed by atoms with Gasteiger partial charge in [-0.1, -0.05) is 13.8 Å². The van der Waals surface area contributed by atoms with Crippen molar-refractivity contribution < 1.29 is 9.53 Å². The molecular formula is C11H23ClN2O2. The molecule has 16 heavy (non-hydrogen) atoms. The van der Waals surface area contributed by atoms with Gasteiger partial charge in [0.2, 0.25) is 5.91 Å². The van der Waals surface area contributed by atoms with E-state index in [-0.39, 0.29) is 18.3 Å². The zero-order valence-electron chi connectivity index (χ0n) is 10.3. The molecule has 0 aliphatic carbocycles. The third-order valence-corrected chi connectivity index (χ3v) is 3.14. The Kier molecular flexibility index (Phi) is 6.95. The van der Waals surface area contributed by atoms with Gasteiger partial charge in [-0.15, -0.1) is 12.4 Å².